The van der Waals surface area contributed by atoms with E-state index in [0.717, 1.165) is 13.0 Å². The molecular formula is C11H11NO2. The Morgan fingerprint density at radius 3 is 2.79 bits per heavy atom. The second-order valence-electron chi connectivity index (χ2n) is 4.04. The molecule has 1 saturated carbocycles. The Morgan fingerprint density at radius 1 is 1.36 bits per heavy atom. The number of anilines is 1. The molecule has 1 N–H and O–H groups in total. The minimum absolute atomic E-state index is 0.177. The van der Waals surface area contributed by atoms with E-state index in [9.17, 15) is 9.90 Å². The number of nitrogens with zero attached hydrogens (tertiary/aromatic N) is 1. The number of para-hydroxylation sites is 2. The van der Waals surface area contributed by atoms with Crippen molar-refractivity contribution in [3.8, 4) is 5.75 Å². The van der Waals surface area contributed by atoms with E-state index < -0.39 is 0 Å². The number of phenolic OH excluding ortho intramolecular Hbond substituents is 1. The third-order valence-corrected chi connectivity index (χ3v) is 3.10. The van der Waals surface area contributed by atoms with Gasteiger partial charge in [-0.25, -0.2) is 0 Å². The molecular weight excluding hydrogens is 178 g/mol. The summed E-state index contributed by atoms with van der Waals surface area (Å²) in [6.45, 7) is 0.779. The highest BCUT2D eigenvalue weighted by atomic mass is 16.3. The topological polar surface area (TPSA) is 40.5 Å². The normalized spacial score (nSPS) is 29.1. The van der Waals surface area contributed by atoms with Gasteiger partial charge in [-0.2, -0.15) is 0 Å². The Balaban J connectivity index is 1.96. The van der Waals surface area contributed by atoms with Gasteiger partial charge in [-0.15, -0.1) is 0 Å². The van der Waals surface area contributed by atoms with Crippen LogP contribution in [0.25, 0.3) is 0 Å². The maximum atomic E-state index is 11.7. The predicted molar refractivity (Wildman–Crippen MR) is 52.1 cm³/mol. The molecule has 0 spiro atoms. The van der Waals surface area contributed by atoms with E-state index in [1.165, 1.54) is 0 Å². The van der Waals surface area contributed by atoms with Crippen molar-refractivity contribution in [1.29, 1.82) is 0 Å². The van der Waals surface area contributed by atoms with Gasteiger partial charge < -0.3 is 10.0 Å². The number of hydrogen-bond acceptors (Lipinski definition) is 2. The molecule has 0 aromatic heterocycles. The van der Waals surface area contributed by atoms with Crippen molar-refractivity contribution in [3.63, 3.8) is 0 Å². The van der Waals surface area contributed by atoms with E-state index in [4.69, 9.17) is 0 Å². The molecule has 1 aromatic rings. The maximum absolute atomic E-state index is 11.7. The first-order valence-electron chi connectivity index (χ1n) is 4.87. The van der Waals surface area contributed by atoms with Crippen LogP contribution in [0, 0.1) is 11.8 Å². The lowest BCUT2D eigenvalue weighted by molar-refractivity contribution is -0.118. The molecule has 3 rings (SSSR count). The first-order chi connectivity index (χ1) is 6.77. The van der Waals surface area contributed by atoms with Gasteiger partial charge >= 0.3 is 0 Å². The number of hydrogen-bond donors (Lipinski definition) is 1. The summed E-state index contributed by atoms with van der Waals surface area (Å²) in [5.41, 5.74) is 0.657. The Kier molecular flexibility index (Phi) is 1.40. The minimum Gasteiger partial charge on any atom is -0.506 e. The van der Waals surface area contributed by atoms with E-state index in [-0.39, 0.29) is 17.6 Å². The summed E-state index contributed by atoms with van der Waals surface area (Å²) in [6, 6.07) is 7.01. The summed E-state index contributed by atoms with van der Waals surface area (Å²) >= 11 is 0. The van der Waals surface area contributed by atoms with Crippen LogP contribution in [0.1, 0.15) is 6.42 Å². The van der Waals surface area contributed by atoms with E-state index in [2.05, 4.69) is 0 Å². The van der Waals surface area contributed by atoms with Crippen LogP contribution in [0.3, 0.4) is 0 Å². The predicted octanol–water partition coefficient (Wildman–Crippen LogP) is 1.37. The van der Waals surface area contributed by atoms with Gasteiger partial charge in [-0.3, -0.25) is 4.79 Å². The Labute approximate surface area is 82.0 Å². The average molecular weight is 189 g/mol. The molecule has 1 heterocycles. The summed E-state index contributed by atoms with van der Waals surface area (Å²) < 4.78 is 0. The number of piperidine rings is 1. The fourth-order valence-corrected chi connectivity index (χ4v) is 2.19. The van der Waals surface area contributed by atoms with Crippen molar-refractivity contribution in [2.45, 2.75) is 6.42 Å². The Bertz CT molecular complexity index is 402. The van der Waals surface area contributed by atoms with Gasteiger partial charge in [0, 0.05) is 12.5 Å². The number of carbonyl (C=O) groups excluding carboxylic acids is 1. The fourth-order valence-electron chi connectivity index (χ4n) is 2.19. The van der Waals surface area contributed by atoms with Crippen LogP contribution in [0.4, 0.5) is 5.69 Å². The average Bonchev–Trinajstić information content (AvgIpc) is 2.88. The standard InChI is InChI=1S/C11H11NO2/c13-10-4-2-1-3-9(10)12-6-7-5-8(7)11(12)14/h1-4,7-8,13H,5-6H2. The van der Waals surface area contributed by atoms with Gasteiger partial charge in [0.2, 0.25) is 5.91 Å². The number of carbonyl (C=O) groups is 1. The highest BCUT2D eigenvalue weighted by Gasteiger charge is 2.52. The summed E-state index contributed by atoms with van der Waals surface area (Å²) in [5, 5.41) is 9.60. The molecule has 2 atom stereocenters. The minimum atomic E-state index is 0.177. The van der Waals surface area contributed by atoms with Crippen molar-refractivity contribution in [3.05, 3.63) is 24.3 Å². The lowest BCUT2D eigenvalue weighted by Gasteiger charge is -2.18. The lowest BCUT2D eigenvalue weighted by Crippen LogP contribution is -2.27. The van der Waals surface area contributed by atoms with Crippen LogP contribution in [-0.2, 0) is 4.79 Å². The number of benzene rings is 1. The van der Waals surface area contributed by atoms with Crippen LogP contribution in [0.5, 0.6) is 5.75 Å². The quantitative estimate of drug-likeness (QED) is 0.725. The van der Waals surface area contributed by atoms with E-state index >= 15 is 0 Å². The third-order valence-electron chi connectivity index (χ3n) is 3.10. The first kappa shape index (κ1) is 7.85. The summed E-state index contributed by atoms with van der Waals surface area (Å²) in [4.78, 5) is 13.4. The summed E-state index contributed by atoms with van der Waals surface area (Å²) in [6.07, 6.45) is 1.04. The van der Waals surface area contributed by atoms with E-state index in [1.807, 2.05) is 6.07 Å². The van der Waals surface area contributed by atoms with E-state index in [0.29, 0.717) is 11.6 Å². The zero-order chi connectivity index (χ0) is 9.71. The molecule has 14 heavy (non-hydrogen) atoms. The lowest BCUT2D eigenvalue weighted by atomic mass is 10.2. The molecule has 2 aliphatic rings. The highest BCUT2D eigenvalue weighted by molar-refractivity contribution is 6.00. The number of rotatable bonds is 1. The zero-order valence-electron chi connectivity index (χ0n) is 7.68. The van der Waals surface area contributed by atoms with E-state index in [1.54, 1.807) is 23.1 Å². The molecule has 1 saturated heterocycles. The van der Waals surface area contributed by atoms with Crippen molar-refractivity contribution in [1.82, 2.24) is 0 Å². The third kappa shape index (κ3) is 0.953. The summed E-state index contributed by atoms with van der Waals surface area (Å²) in [7, 11) is 0. The van der Waals surface area contributed by atoms with Gasteiger partial charge in [-0.05, 0) is 24.5 Å². The smallest absolute Gasteiger partial charge is 0.230 e. The van der Waals surface area contributed by atoms with Gasteiger partial charge in [0.05, 0.1) is 5.69 Å². The van der Waals surface area contributed by atoms with Gasteiger partial charge in [-0.1, -0.05) is 12.1 Å². The molecule has 2 unspecified atom stereocenters. The second kappa shape index (κ2) is 2.50. The molecule has 2 fully saturated rings. The van der Waals surface area contributed by atoms with Gasteiger partial charge in [0.15, 0.2) is 0 Å². The number of fused-ring (bicyclic) bond motifs is 1. The Morgan fingerprint density at radius 2 is 2.14 bits per heavy atom. The van der Waals surface area contributed by atoms with Gasteiger partial charge in [0.1, 0.15) is 5.75 Å². The maximum Gasteiger partial charge on any atom is 0.230 e. The van der Waals surface area contributed by atoms with Crippen LogP contribution in [0.15, 0.2) is 24.3 Å². The van der Waals surface area contributed by atoms with Crippen LogP contribution in [-0.4, -0.2) is 17.6 Å². The van der Waals surface area contributed by atoms with Crippen LogP contribution >= 0.6 is 0 Å². The van der Waals surface area contributed by atoms with Crippen molar-refractivity contribution < 1.29 is 9.90 Å². The van der Waals surface area contributed by atoms with Crippen LogP contribution in [0.2, 0.25) is 0 Å². The van der Waals surface area contributed by atoms with Gasteiger partial charge in [0.25, 0.3) is 0 Å². The van der Waals surface area contributed by atoms with Crippen molar-refractivity contribution in [2.75, 3.05) is 11.4 Å². The van der Waals surface area contributed by atoms with Crippen molar-refractivity contribution in [2.24, 2.45) is 11.8 Å². The monoisotopic (exact) mass is 189 g/mol. The first-order valence-corrected chi connectivity index (χ1v) is 4.87. The molecule has 1 amide bonds. The summed E-state index contributed by atoms with van der Waals surface area (Å²) in [5.74, 6) is 1.16. The van der Waals surface area contributed by atoms with Crippen LogP contribution < -0.4 is 4.90 Å². The molecule has 1 aliphatic heterocycles. The molecule has 1 aliphatic carbocycles. The Hall–Kier alpha value is -1.51. The SMILES string of the molecule is O=C1C2CC2CN1c1ccccc1O. The number of aromatic hydroxyl groups is 1. The fraction of sp³-hybridized carbons (Fsp3) is 0.364. The number of amides is 1. The molecule has 0 radical (unpaired) electrons. The number of phenols is 1. The molecule has 0 bridgehead atoms. The largest absolute Gasteiger partial charge is 0.506 e. The molecule has 72 valence electrons. The highest BCUT2D eigenvalue weighted by Crippen LogP contribution is 2.48. The molecule has 1 aromatic carbocycles. The molecule has 3 heteroatoms. The zero-order valence-corrected chi connectivity index (χ0v) is 7.68. The van der Waals surface area contributed by atoms with Crippen molar-refractivity contribution >= 4 is 11.6 Å². The molecule has 3 nitrogen and oxygen atoms in total. The second-order valence-corrected chi connectivity index (χ2v) is 4.04.